The van der Waals surface area contributed by atoms with Crippen molar-refractivity contribution in [2.24, 2.45) is 5.92 Å². The summed E-state index contributed by atoms with van der Waals surface area (Å²) in [4.78, 5) is 13.6. The zero-order valence-electron chi connectivity index (χ0n) is 22.5. The van der Waals surface area contributed by atoms with Crippen LogP contribution in [-0.2, 0) is 37.1 Å². The van der Waals surface area contributed by atoms with Crippen LogP contribution in [0.5, 0.6) is 34.5 Å². The van der Waals surface area contributed by atoms with E-state index in [0.717, 1.165) is 24.0 Å². The van der Waals surface area contributed by atoms with Crippen LogP contribution in [-0.4, -0.2) is 56.2 Å². The Morgan fingerprint density at radius 3 is 2.55 bits per heavy atom. The quantitative estimate of drug-likeness (QED) is 0.184. The predicted molar refractivity (Wildman–Crippen MR) is 147 cm³/mol. The molecule has 2 atom stereocenters. The number of benzene rings is 3. The minimum atomic E-state index is -1.03. The Morgan fingerprint density at radius 1 is 1.00 bits per heavy atom. The number of aliphatic hydroxyl groups is 2. The van der Waals surface area contributed by atoms with Gasteiger partial charge in [-0.2, -0.15) is 0 Å². The molecule has 1 heterocycles. The number of rotatable bonds is 12. The predicted octanol–water partition coefficient (Wildman–Crippen LogP) is 3.69. The van der Waals surface area contributed by atoms with Crippen molar-refractivity contribution in [3.63, 3.8) is 0 Å². The lowest BCUT2D eigenvalue weighted by Gasteiger charge is -2.25. The van der Waals surface area contributed by atoms with Crippen LogP contribution in [0.15, 0.2) is 42.5 Å². The van der Waals surface area contributed by atoms with Crippen molar-refractivity contribution < 1.29 is 44.9 Å². The molecular weight excluding hydrogens is 516 g/mol. The highest BCUT2D eigenvalue weighted by atomic mass is 16.5. The van der Waals surface area contributed by atoms with E-state index in [0.29, 0.717) is 35.5 Å². The Labute approximate surface area is 232 Å². The fourth-order valence-corrected chi connectivity index (χ4v) is 5.35. The molecule has 214 valence electrons. The second-order valence-corrected chi connectivity index (χ2v) is 10.1. The number of Topliss-reactive ketones (excluding diaryl/α,β-unsaturated/α-hetero) is 1. The Balaban J connectivity index is 1.55. The lowest BCUT2D eigenvalue weighted by atomic mass is 9.83. The number of phenolic OH excluding ortho intramolecular Hbond substituents is 3. The first-order valence-corrected chi connectivity index (χ1v) is 13.4. The van der Waals surface area contributed by atoms with E-state index >= 15 is 0 Å². The van der Waals surface area contributed by atoms with Gasteiger partial charge in [0, 0.05) is 23.5 Å². The fraction of sp³-hybridized carbons (Fsp3) is 0.387. The number of hydrogen-bond acceptors (Lipinski definition) is 9. The minimum Gasteiger partial charge on any atom is -0.508 e. The molecule has 0 amide bonds. The molecule has 0 aliphatic carbocycles. The van der Waals surface area contributed by atoms with Crippen molar-refractivity contribution in [3.8, 4) is 34.5 Å². The van der Waals surface area contributed by atoms with Gasteiger partial charge in [-0.15, -0.1) is 0 Å². The Hall–Kier alpha value is -3.95. The highest BCUT2D eigenvalue weighted by Gasteiger charge is 2.29. The maximum Gasteiger partial charge on any atom is 0.200 e. The Bertz CT molecular complexity index is 1350. The lowest BCUT2D eigenvalue weighted by molar-refractivity contribution is -0.126. The normalized spacial score (nSPS) is 14.2. The SMILES string of the molecule is COc1cc(CCC(=O)C(Cc2cccc(O)c2CO)C(O)CCc2ccc(O)c3c2CCCO3)cc(O)c1O. The highest BCUT2D eigenvalue weighted by Crippen LogP contribution is 2.38. The average Bonchev–Trinajstić information content (AvgIpc) is 2.96. The molecule has 0 fully saturated rings. The van der Waals surface area contributed by atoms with Gasteiger partial charge < -0.3 is 40.1 Å². The maximum atomic E-state index is 13.6. The first kappa shape index (κ1) is 29.0. The smallest absolute Gasteiger partial charge is 0.200 e. The number of aromatic hydroxyl groups is 4. The lowest BCUT2D eigenvalue weighted by Crippen LogP contribution is -2.31. The van der Waals surface area contributed by atoms with Crippen LogP contribution in [0.25, 0.3) is 0 Å². The summed E-state index contributed by atoms with van der Waals surface area (Å²) in [5, 5.41) is 61.5. The summed E-state index contributed by atoms with van der Waals surface area (Å²) >= 11 is 0. The second-order valence-electron chi connectivity index (χ2n) is 10.1. The van der Waals surface area contributed by atoms with Gasteiger partial charge in [0.1, 0.15) is 11.5 Å². The number of ketones is 1. The number of carbonyl (C=O) groups is 1. The van der Waals surface area contributed by atoms with E-state index in [1.165, 1.54) is 19.2 Å². The van der Waals surface area contributed by atoms with Crippen molar-refractivity contribution in [2.75, 3.05) is 13.7 Å². The number of ether oxygens (including phenoxy) is 2. The van der Waals surface area contributed by atoms with E-state index in [4.69, 9.17) is 9.47 Å². The molecule has 9 nitrogen and oxygen atoms in total. The summed E-state index contributed by atoms with van der Waals surface area (Å²) in [6, 6.07) is 11.1. The zero-order valence-corrected chi connectivity index (χ0v) is 22.5. The molecule has 6 N–H and O–H groups in total. The van der Waals surface area contributed by atoms with Crippen molar-refractivity contribution >= 4 is 5.78 Å². The second kappa shape index (κ2) is 12.9. The summed E-state index contributed by atoms with van der Waals surface area (Å²) < 4.78 is 10.7. The van der Waals surface area contributed by atoms with E-state index in [1.54, 1.807) is 24.3 Å². The van der Waals surface area contributed by atoms with Gasteiger partial charge in [-0.3, -0.25) is 4.79 Å². The van der Waals surface area contributed by atoms with E-state index < -0.39 is 18.6 Å². The fourth-order valence-electron chi connectivity index (χ4n) is 5.35. The number of fused-ring (bicyclic) bond motifs is 1. The van der Waals surface area contributed by atoms with Crippen molar-refractivity contribution in [3.05, 3.63) is 70.3 Å². The van der Waals surface area contributed by atoms with Crippen LogP contribution >= 0.6 is 0 Å². The number of phenols is 4. The van der Waals surface area contributed by atoms with Gasteiger partial charge >= 0.3 is 0 Å². The monoisotopic (exact) mass is 552 g/mol. The highest BCUT2D eigenvalue weighted by molar-refractivity contribution is 5.82. The van der Waals surface area contributed by atoms with Crippen LogP contribution in [0, 0.1) is 5.92 Å². The van der Waals surface area contributed by atoms with E-state index in [1.807, 2.05) is 6.07 Å². The zero-order chi connectivity index (χ0) is 28.8. The molecule has 1 aliphatic rings. The molecule has 1 aliphatic heterocycles. The van der Waals surface area contributed by atoms with Crippen molar-refractivity contribution in [2.45, 2.75) is 57.7 Å². The van der Waals surface area contributed by atoms with Crippen LogP contribution in [0.4, 0.5) is 0 Å². The molecule has 3 aromatic carbocycles. The molecule has 0 saturated carbocycles. The van der Waals surface area contributed by atoms with Crippen LogP contribution in [0.3, 0.4) is 0 Å². The molecule has 9 heteroatoms. The van der Waals surface area contributed by atoms with E-state index in [-0.39, 0.29) is 60.2 Å². The third-order valence-electron chi connectivity index (χ3n) is 7.58. The molecule has 40 heavy (non-hydrogen) atoms. The summed E-state index contributed by atoms with van der Waals surface area (Å²) in [5.41, 5.74) is 3.32. The molecule has 0 bridgehead atoms. The van der Waals surface area contributed by atoms with Crippen LogP contribution < -0.4 is 9.47 Å². The molecule has 2 unspecified atom stereocenters. The Kier molecular flexibility index (Phi) is 9.39. The van der Waals surface area contributed by atoms with Crippen molar-refractivity contribution in [1.29, 1.82) is 0 Å². The Morgan fingerprint density at radius 2 is 1.80 bits per heavy atom. The van der Waals surface area contributed by atoms with Gasteiger partial charge in [0.15, 0.2) is 23.0 Å². The van der Waals surface area contributed by atoms with Gasteiger partial charge in [-0.05, 0) is 79.5 Å². The van der Waals surface area contributed by atoms with Gasteiger partial charge in [0.05, 0.1) is 26.4 Å². The molecule has 0 spiro atoms. The first-order chi connectivity index (χ1) is 19.2. The number of carbonyl (C=O) groups excluding carboxylic acids is 1. The standard InChI is InChI=1S/C31H36O9/c1-39-29-15-18(14-28(37)30(29)38)7-10-25(34)22(16-20-4-2-6-24(33)23(20)17-32)26(35)11-8-19-9-12-27(36)31-21(19)5-3-13-40-31/h2,4,6,9,12,14-15,22,26,32-33,35-38H,3,5,7-8,10-11,13,16-17H2,1H3. The van der Waals surface area contributed by atoms with Crippen molar-refractivity contribution in [1.82, 2.24) is 0 Å². The maximum absolute atomic E-state index is 13.6. The molecule has 3 aromatic rings. The van der Waals surface area contributed by atoms with Gasteiger partial charge in [0.25, 0.3) is 0 Å². The topological polar surface area (TPSA) is 157 Å². The minimum absolute atomic E-state index is 0.0464. The number of aliphatic hydroxyl groups excluding tert-OH is 2. The largest absolute Gasteiger partial charge is 0.508 e. The van der Waals surface area contributed by atoms with E-state index in [9.17, 15) is 35.4 Å². The number of aryl methyl sites for hydroxylation is 2. The average molecular weight is 553 g/mol. The summed E-state index contributed by atoms with van der Waals surface area (Å²) in [5.74, 6) is -1.21. The summed E-state index contributed by atoms with van der Waals surface area (Å²) in [6.07, 6.45) is 1.69. The third-order valence-corrected chi connectivity index (χ3v) is 7.58. The van der Waals surface area contributed by atoms with Gasteiger partial charge in [-0.25, -0.2) is 0 Å². The summed E-state index contributed by atoms with van der Waals surface area (Å²) in [6.45, 7) is 0.121. The van der Waals surface area contributed by atoms with Crippen LogP contribution in [0.1, 0.15) is 47.1 Å². The van der Waals surface area contributed by atoms with Gasteiger partial charge in [0.2, 0.25) is 5.75 Å². The number of methoxy groups -OCH3 is 1. The third kappa shape index (κ3) is 6.43. The summed E-state index contributed by atoms with van der Waals surface area (Å²) in [7, 11) is 1.36. The first-order valence-electron chi connectivity index (χ1n) is 13.4. The number of hydrogen-bond donors (Lipinski definition) is 6. The van der Waals surface area contributed by atoms with E-state index in [2.05, 4.69) is 0 Å². The van der Waals surface area contributed by atoms with Gasteiger partial charge in [-0.1, -0.05) is 18.2 Å². The molecule has 4 rings (SSSR count). The molecule has 0 aromatic heterocycles. The molecule has 0 radical (unpaired) electrons. The van der Waals surface area contributed by atoms with Crippen LogP contribution in [0.2, 0.25) is 0 Å². The molecule has 0 saturated heterocycles. The molecular formula is C31H36O9.